The zero-order valence-electron chi connectivity index (χ0n) is 11.5. The van der Waals surface area contributed by atoms with Crippen molar-refractivity contribution in [1.29, 1.82) is 0 Å². The highest BCUT2D eigenvalue weighted by Gasteiger charge is 2.26. The van der Waals surface area contributed by atoms with E-state index in [1.165, 1.54) is 10.9 Å². The van der Waals surface area contributed by atoms with Gasteiger partial charge in [-0.25, -0.2) is 4.98 Å². The standard InChI is InChI=1S/C16H16N4O/c21-16-13(6-11-8-17-9-20-11)12-2-1-3-14-15(12)10(7-19-14)4-5-18-16/h1-3,7-9,13,19H,4-6H2,(H,17,20)(H,18,21). The van der Waals surface area contributed by atoms with Crippen LogP contribution in [0.2, 0.25) is 0 Å². The van der Waals surface area contributed by atoms with E-state index in [1.54, 1.807) is 12.5 Å². The van der Waals surface area contributed by atoms with Crippen LogP contribution in [0, 0.1) is 0 Å². The molecular formula is C16H16N4O. The highest BCUT2D eigenvalue weighted by molar-refractivity contribution is 5.94. The van der Waals surface area contributed by atoms with Gasteiger partial charge in [0.05, 0.1) is 12.2 Å². The highest BCUT2D eigenvalue weighted by atomic mass is 16.1. The van der Waals surface area contributed by atoms with Crippen molar-refractivity contribution in [2.24, 2.45) is 0 Å². The van der Waals surface area contributed by atoms with Crippen molar-refractivity contribution in [2.75, 3.05) is 6.54 Å². The average molecular weight is 280 g/mol. The summed E-state index contributed by atoms with van der Waals surface area (Å²) in [5.74, 6) is -0.104. The zero-order valence-corrected chi connectivity index (χ0v) is 11.5. The van der Waals surface area contributed by atoms with Crippen LogP contribution in [0.1, 0.15) is 22.7 Å². The van der Waals surface area contributed by atoms with E-state index in [1.807, 2.05) is 6.07 Å². The van der Waals surface area contributed by atoms with Crippen LogP contribution in [0.25, 0.3) is 10.9 Å². The number of aromatic nitrogens is 3. The minimum atomic E-state index is -0.191. The number of rotatable bonds is 2. The number of nitrogens with one attached hydrogen (secondary N) is 3. The molecule has 3 N–H and O–H groups in total. The first-order valence-corrected chi connectivity index (χ1v) is 7.17. The molecule has 1 unspecified atom stereocenters. The van der Waals surface area contributed by atoms with Crippen molar-refractivity contribution in [3.05, 3.63) is 53.7 Å². The van der Waals surface area contributed by atoms with Gasteiger partial charge in [0.25, 0.3) is 0 Å². The van der Waals surface area contributed by atoms with E-state index >= 15 is 0 Å². The fourth-order valence-electron chi connectivity index (χ4n) is 3.18. The van der Waals surface area contributed by atoms with Gasteiger partial charge >= 0.3 is 0 Å². The Kier molecular flexibility index (Phi) is 2.77. The summed E-state index contributed by atoms with van der Waals surface area (Å²) >= 11 is 0. The number of nitrogens with zero attached hydrogens (tertiary/aromatic N) is 1. The third kappa shape index (κ3) is 2.01. The van der Waals surface area contributed by atoms with Crippen LogP contribution in [0.5, 0.6) is 0 Å². The van der Waals surface area contributed by atoms with Crippen molar-refractivity contribution >= 4 is 16.8 Å². The first-order chi connectivity index (χ1) is 10.3. The Morgan fingerprint density at radius 2 is 2.24 bits per heavy atom. The molecule has 1 aromatic carbocycles. The van der Waals surface area contributed by atoms with Gasteiger partial charge in [-0.1, -0.05) is 12.1 Å². The Hall–Kier alpha value is -2.56. The fraction of sp³-hybridized carbons (Fsp3) is 0.250. The van der Waals surface area contributed by atoms with Gasteiger partial charge in [0.2, 0.25) is 5.91 Å². The molecule has 0 radical (unpaired) electrons. The lowest BCUT2D eigenvalue weighted by molar-refractivity contribution is -0.122. The van der Waals surface area contributed by atoms with Gasteiger partial charge in [-0.2, -0.15) is 0 Å². The number of carbonyl (C=O) groups is 1. The third-order valence-corrected chi connectivity index (χ3v) is 4.18. The van der Waals surface area contributed by atoms with Gasteiger partial charge in [-0.05, 0) is 23.6 Å². The van der Waals surface area contributed by atoms with E-state index in [2.05, 4.69) is 38.6 Å². The molecule has 5 heteroatoms. The van der Waals surface area contributed by atoms with Crippen molar-refractivity contribution in [2.45, 2.75) is 18.8 Å². The van der Waals surface area contributed by atoms with Crippen LogP contribution in [0.4, 0.5) is 0 Å². The first kappa shape index (κ1) is 12.2. The van der Waals surface area contributed by atoms with E-state index in [-0.39, 0.29) is 11.8 Å². The van der Waals surface area contributed by atoms with Gasteiger partial charge in [0.15, 0.2) is 0 Å². The molecule has 0 fully saturated rings. The number of H-pyrrole nitrogens is 2. The number of imidazole rings is 1. The molecule has 0 saturated heterocycles. The van der Waals surface area contributed by atoms with Crippen molar-refractivity contribution < 1.29 is 4.79 Å². The number of carbonyl (C=O) groups excluding carboxylic acids is 1. The van der Waals surface area contributed by atoms with Gasteiger partial charge in [0.1, 0.15) is 0 Å². The lowest BCUT2D eigenvalue weighted by Crippen LogP contribution is -2.33. The Morgan fingerprint density at radius 1 is 1.29 bits per heavy atom. The predicted molar refractivity (Wildman–Crippen MR) is 80.0 cm³/mol. The Bertz CT molecular complexity index is 788. The van der Waals surface area contributed by atoms with E-state index < -0.39 is 0 Å². The molecule has 1 aliphatic heterocycles. The second-order valence-corrected chi connectivity index (χ2v) is 5.46. The van der Waals surface area contributed by atoms with Crippen LogP contribution in [-0.4, -0.2) is 27.4 Å². The van der Waals surface area contributed by atoms with Crippen LogP contribution >= 0.6 is 0 Å². The summed E-state index contributed by atoms with van der Waals surface area (Å²) in [6.45, 7) is 0.680. The SMILES string of the molecule is O=C1NCCc2c[nH]c3cccc(c23)C1Cc1cnc[nH]1. The molecule has 1 amide bonds. The quantitative estimate of drug-likeness (QED) is 0.670. The van der Waals surface area contributed by atoms with Crippen LogP contribution in [0.3, 0.4) is 0 Å². The van der Waals surface area contributed by atoms with Gasteiger partial charge in [-0.3, -0.25) is 4.79 Å². The summed E-state index contributed by atoms with van der Waals surface area (Å²) in [5.41, 5.74) is 4.45. The number of hydrogen-bond acceptors (Lipinski definition) is 2. The van der Waals surface area contributed by atoms with Crippen LogP contribution < -0.4 is 5.32 Å². The number of aromatic amines is 2. The van der Waals surface area contributed by atoms with E-state index in [4.69, 9.17) is 0 Å². The molecule has 0 saturated carbocycles. The molecule has 3 aromatic rings. The van der Waals surface area contributed by atoms with E-state index in [0.717, 1.165) is 23.2 Å². The summed E-state index contributed by atoms with van der Waals surface area (Å²) in [7, 11) is 0. The minimum absolute atomic E-state index is 0.0870. The molecule has 1 aliphatic rings. The van der Waals surface area contributed by atoms with Gasteiger partial charge < -0.3 is 15.3 Å². The summed E-state index contributed by atoms with van der Waals surface area (Å²) in [6.07, 6.45) is 6.98. The highest BCUT2D eigenvalue weighted by Crippen LogP contribution is 2.32. The average Bonchev–Trinajstić information content (AvgIpc) is 3.13. The summed E-state index contributed by atoms with van der Waals surface area (Å²) < 4.78 is 0. The number of amides is 1. The second-order valence-electron chi connectivity index (χ2n) is 5.46. The lowest BCUT2D eigenvalue weighted by Gasteiger charge is -2.21. The van der Waals surface area contributed by atoms with Crippen molar-refractivity contribution in [1.82, 2.24) is 20.3 Å². The molecule has 21 heavy (non-hydrogen) atoms. The Balaban J connectivity index is 1.87. The Morgan fingerprint density at radius 3 is 3.10 bits per heavy atom. The fourth-order valence-corrected chi connectivity index (χ4v) is 3.18. The Labute approximate surface area is 121 Å². The third-order valence-electron chi connectivity index (χ3n) is 4.18. The molecule has 0 bridgehead atoms. The molecular weight excluding hydrogens is 264 g/mol. The molecule has 106 valence electrons. The maximum absolute atomic E-state index is 12.5. The maximum Gasteiger partial charge on any atom is 0.227 e. The number of hydrogen-bond donors (Lipinski definition) is 3. The summed E-state index contributed by atoms with van der Waals surface area (Å²) in [6, 6.07) is 6.13. The lowest BCUT2D eigenvalue weighted by atomic mass is 9.88. The first-order valence-electron chi connectivity index (χ1n) is 7.17. The van der Waals surface area contributed by atoms with Crippen molar-refractivity contribution in [3.63, 3.8) is 0 Å². The monoisotopic (exact) mass is 280 g/mol. The normalized spacial score (nSPS) is 18.3. The van der Waals surface area contributed by atoms with E-state index in [9.17, 15) is 4.79 Å². The maximum atomic E-state index is 12.5. The largest absolute Gasteiger partial charge is 0.361 e. The van der Waals surface area contributed by atoms with E-state index in [0.29, 0.717) is 13.0 Å². The zero-order chi connectivity index (χ0) is 14.2. The topological polar surface area (TPSA) is 73.6 Å². The van der Waals surface area contributed by atoms with Crippen molar-refractivity contribution in [3.8, 4) is 0 Å². The van der Waals surface area contributed by atoms with Crippen LogP contribution in [0.15, 0.2) is 36.9 Å². The summed E-state index contributed by atoms with van der Waals surface area (Å²) in [5, 5.41) is 4.24. The molecule has 1 atom stereocenters. The second kappa shape index (κ2) is 4.77. The van der Waals surface area contributed by atoms with Gasteiger partial charge in [-0.15, -0.1) is 0 Å². The molecule has 2 aromatic heterocycles. The molecule has 0 aliphatic carbocycles. The van der Waals surface area contributed by atoms with Gasteiger partial charge in [0, 0.05) is 42.0 Å². The smallest absolute Gasteiger partial charge is 0.227 e. The number of benzene rings is 1. The molecule has 4 rings (SSSR count). The van der Waals surface area contributed by atoms with Crippen LogP contribution in [-0.2, 0) is 17.6 Å². The minimum Gasteiger partial charge on any atom is -0.361 e. The molecule has 3 heterocycles. The molecule has 5 nitrogen and oxygen atoms in total. The predicted octanol–water partition coefficient (Wildman–Crippen LogP) is 1.89. The molecule has 0 spiro atoms. The summed E-state index contributed by atoms with van der Waals surface area (Å²) in [4.78, 5) is 23.0.